The van der Waals surface area contributed by atoms with E-state index in [4.69, 9.17) is 0 Å². The zero-order valence-corrected chi connectivity index (χ0v) is 13.7. The average molecular weight is 304 g/mol. The highest BCUT2D eigenvalue weighted by atomic mass is 32.2. The van der Waals surface area contributed by atoms with E-state index in [1.54, 1.807) is 0 Å². The maximum Gasteiger partial charge on any atom is 0.227 e. The van der Waals surface area contributed by atoms with Crippen LogP contribution in [0.4, 0.5) is 11.4 Å². The van der Waals surface area contributed by atoms with Gasteiger partial charge in [-0.1, -0.05) is 13.8 Å². The zero-order chi connectivity index (χ0) is 14.9. The predicted octanol–water partition coefficient (Wildman–Crippen LogP) is 3.76. The molecule has 4 heteroatoms. The molecule has 0 aliphatic carbocycles. The maximum absolute atomic E-state index is 11.8. The molecule has 3 nitrogen and oxygen atoms in total. The Morgan fingerprint density at radius 2 is 2.05 bits per heavy atom. The minimum absolute atomic E-state index is 0.250. The van der Waals surface area contributed by atoms with E-state index >= 15 is 0 Å². The van der Waals surface area contributed by atoms with Crippen molar-refractivity contribution in [2.75, 3.05) is 28.3 Å². The summed E-state index contributed by atoms with van der Waals surface area (Å²) in [6.07, 6.45) is 2.93. The Bertz CT molecular complexity index is 512. The molecule has 0 saturated carbocycles. The fraction of sp³-hybridized carbons (Fsp3) is 0.588. The highest BCUT2D eigenvalue weighted by Crippen LogP contribution is 2.36. The van der Waals surface area contributed by atoms with Crippen LogP contribution in [0, 0.1) is 5.41 Å². The van der Waals surface area contributed by atoms with Gasteiger partial charge in [0.05, 0.1) is 0 Å². The van der Waals surface area contributed by atoms with Gasteiger partial charge in [-0.3, -0.25) is 4.79 Å². The normalized spacial score (nSPS) is 25.1. The molecule has 1 N–H and O–H groups in total. The summed E-state index contributed by atoms with van der Waals surface area (Å²) in [5, 5.41) is 3.68. The molecule has 0 spiro atoms. The highest BCUT2D eigenvalue weighted by molar-refractivity contribution is 7.99. The van der Waals surface area contributed by atoms with Crippen molar-refractivity contribution in [2.45, 2.75) is 39.2 Å². The van der Waals surface area contributed by atoms with Crippen molar-refractivity contribution in [3.63, 3.8) is 0 Å². The van der Waals surface area contributed by atoms with Gasteiger partial charge in [-0.05, 0) is 48.3 Å². The number of rotatable bonds is 3. The van der Waals surface area contributed by atoms with E-state index in [1.807, 2.05) is 16.7 Å². The largest absolute Gasteiger partial charge is 0.381 e. The van der Waals surface area contributed by atoms with Gasteiger partial charge in [0.15, 0.2) is 0 Å². The Morgan fingerprint density at radius 1 is 1.29 bits per heavy atom. The summed E-state index contributed by atoms with van der Waals surface area (Å²) in [4.78, 5) is 13.7. The predicted molar refractivity (Wildman–Crippen MR) is 91.2 cm³/mol. The average Bonchev–Trinajstić information content (AvgIpc) is 2.88. The molecule has 2 heterocycles. The molecule has 2 aliphatic rings. The second kappa shape index (κ2) is 5.91. The van der Waals surface area contributed by atoms with E-state index in [0.29, 0.717) is 17.9 Å². The second-order valence-corrected chi connectivity index (χ2v) is 7.86. The lowest BCUT2D eigenvalue weighted by atomic mass is 9.82. The van der Waals surface area contributed by atoms with Gasteiger partial charge in [0.2, 0.25) is 5.91 Å². The summed E-state index contributed by atoms with van der Waals surface area (Å²) in [6.45, 7) is 5.56. The number of carbonyl (C=O) groups is 1. The first-order chi connectivity index (χ1) is 10.1. The molecule has 21 heavy (non-hydrogen) atoms. The van der Waals surface area contributed by atoms with Gasteiger partial charge in [-0.15, -0.1) is 0 Å². The maximum atomic E-state index is 11.8. The fourth-order valence-electron chi connectivity index (χ4n) is 3.03. The molecule has 0 aromatic heterocycles. The molecule has 0 bridgehead atoms. The molecule has 2 fully saturated rings. The second-order valence-electron chi connectivity index (χ2n) is 6.71. The Morgan fingerprint density at radius 3 is 2.67 bits per heavy atom. The summed E-state index contributed by atoms with van der Waals surface area (Å²) >= 11 is 2.03. The van der Waals surface area contributed by atoms with Crippen molar-refractivity contribution >= 4 is 29.0 Å². The number of hydrogen-bond donors (Lipinski definition) is 1. The van der Waals surface area contributed by atoms with Gasteiger partial charge in [0.25, 0.3) is 0 Å². The first kappa shape index (κ1) is 14.8. The summed E-state index contributed by atoms with van der Waals surface area (Å²) in [5.41, 5.74) is 2.53. The summed E-state index contributed by atoms with van der Waals surface area (Å²) < 4.78 is 0. The molecule has 1 aromatic carbocycles. The third-order valence-electron chi connectivity index (χ3n) is 4.71. The molecule has 114 valence electrons. The molecule has 3 rings (SSSR count). The standard InChI is InChI=1S/C17H24N2OS/c1-17(2)9-11-21-12-15(17)18-13-5-7-14(8-6-13)19-10-3-4-16(19)20/h5-8,15,18H,3-4,9-12H2,1-2H3. The number of thioether (sulfide) groups is 1. The van der Waals surface area contributed by atoms with Gasteiger partial charge in [0, 0.05) is 36.1 Å². The number of nitrogens with one attached hydrogen (secondary N) is 1. The molecular weight excluding hydrogens is 280 g/mol. The van der Waals surface area contributed by atoms with E-state index in [9.17, 15) is 4.79 Å². The number of nitrogens with zero attached hydrogens (tertiary/aromatic N) is 1. The SMILES string of the molecule is CC1(C)CCSCC1Nc1ccc(N2CCCC2=O)cc1. The number of carbonyl (C=O) groups excluding carboxylic acids is 1. The fourth-order valence-corrected chi connectivity index (χ4v) is 4.64. The van der Waals surface area contributed by atoms with Gasteiger partial charge in [-0.25, -0.2) is 0 Å². The Labute approximate surface area is 131 Å². The van der Waals surface area contributed by atoms with Crippen LogP contribution in [0.2, 0.25) is 0 Å². The smallest absolute Gasteiger partial charge is 0.227 e. The molecule has 1 amide bonds. The summed E-state index contributed by atoms with van der Waals surface area (Å²) in [6, 6.07) is 8.85. The van der Waals surface area contributed by atoms with Gasteiger partial charge in [0.1, 0.15) is 0 Å². The topological polar surface area (TPSA) is 32.3 Å². The molecule has 1 unspecified atom stereocenters. The number of amides is 1. The van der Waals surface area contributed by atoms with Crippen molar-refractivity contribution in [1.29, 1.82) is 0 Å². The van der Waals surface area contributed by atoms with Crippen LogP contribution < -0.4 is 10.2 Å². The Hall–Kier alpha value is -1.16. The lowest BCUT2D eigenvalue weighted by molar-refractivity contribution is -0.117. The van der Waals surface area contributed by atoms with Gasteiger partial charge in [-0.2, -0.15) is 11.8 Å². The van der Waals surface area contributed by atoms with Crippen LogP contribution in [0.1, 0.15) is 33.1 Å². The first-order valence-electron chi connectivity index (χ1n) is 7.81. The summed E-state index contributed by atoms with van der Waals surface area (Å²) in [7, 11) is 0. The Kier molecular flexibility index (Phi) is 4.16. The molecule has 1 aromatic rings. The van der Waals surface area contributed by atoms with E-state index in [0.717, 1.165) is 24.3 Å². The molecule has 2 aliphatic heterocycles. The van der Waals surface area contributed by atoms with Gasteiger partial charge < -0.3 is 10.2 Å². The van der Waals surface area contributed by atoms with Gasteiger partial charge >= 0.3 is 0 Å². The van der Waals surface area contributed by atoms with Crippen molar-refractivity contribution in [2.24, 2.45) is 5.41 Å². The number of anilines is 2. The van der Waals surface area contributed by atoms with E-state index in [-0.39, 0.29) is 5.91 Å². The lowest BCUT2D eigenvalue weighted by Crippen LogP contribution is -2.41. The van der Waals surface area contributed by atoms with Crippen LogP contribution in [-0.4, -0.2) is 30.0 Å². The van der Waals surface area contributed by atoms with E-state index in [1.165, 1.54) is 17.9 Å². The van der Waals surface area contributed by atoms with E-state index in [2.05, 4.69) is 43.4 Å². The van der Waals surface area contributed by atoms with E-state index < -0.39 is 0 Å². The third-order valence-corrected chi connectivity index (χ3v) is 5.77. The molecule has 0 radical (unpaired) electrons. The Balaban J connectivity index is 1.68. The highest BCUT2D eigenvalue weighted by Gasteiger charge is 2.32. The van der Waals surface area contributed by atoms with Crippen LogP contribution in [0.3, 0.4) is 0 Å². The number of benzene rings is 1. The van der Waals surface area contributed by atoms with Crippen molar-refractivity contribution < 1.29 is 4.79 Å². The molecule has 2 saturated heterocycles. The van der Waals surface area contributed by atoms with Crippen LogP contribution in [0.25, 0.3) is 0 Å². The third kappa shape index (κ3) is 3.20. The van der Waals surface area contributed by atoms with Crippen LogP contribution in [-0.2, 0) is 4.79 Å². The quantitative estimate of drug-likeness (QED) is 0.923. The molecule has 1 atom stereocenters. The van der Waals surface area contributed by atoms with Crippen LogP contribution in [0.15, 0.2) is 24.3 Å². The van der Waals surface area contributed by atoms with Crippen LogP contribution in [0.5, 0.6) is 0 Å². The minimum atomic E-state index is 0.250. The van der Waals surface area contributed by atoms with Crippen molar-refractivity contribution in [3.8, 4) is 0 Å². The monoisotopic (exact) mass is 304 g/mol. The molecular formula is C17H24N2OS. The first-order valence-corrected chi connectivity index (χ1v) is 8.96. The number of hydrogen-bond acceptors (Lipinski definition) is 3. The zero-order valence-electron chi connectivity index (χ0n) is 12.9. The van der Waals surface area contributed by atoms with Crippen molar-refractivity contribution in [1.82, 2.24) is 0 Å². The minimum Gasteiger partial charge on any atom is -0.381 e. The lowest BCUT2D eigenvalue weighted by Gasteiger charge is -2.39. The van der Waals surface area contributed by atoms with Crippen LogP contribution >= 0.6 is 11.8 Å². The van der Waals surface area contributed by atoms with Crippen molar-refractivity contribution in [3.05, 3.63) is 24.3 Å². The summed E-state index contributed by atoms with van der Waals surface area (Å²) in [5.74, 6) is 2.68.